The van der Waals surface area contributed by atoms with Gasteiger partial charge in [-0.1, -0.05) is 55.8 Å². The molecule has 0 N–H and O–H groups in total. The van der Waals surface area contributed by atoms with Gasteiger partial charge in [0.05, 0.1) is 16.9 Å². The predicted molar refractivity (Wildman–Crippen MR) is 119 cm³/mol. The van der Waals surface area contributed by atoms with Gasteiger partial charge >= 0.3 is 5.97 Å². The molecule has 4 rings (SSSR count). The Labute approximate surface area is 178 Å². The van der Waals surface area contributed by atoms with Crippen LogP contribution >= 0.6 is 11.3 Å². The normalized spacial score (nSPS) is 10.8. The van der Waals surface area contributed by atoms with Crippen molar-refractivity contribution >= 4 is 17.3 Å². The number of hydrogen-bond acceptors (Lipinski definition) is 4. The summed E-state index contributed by atoms with van der Waals surface area (Å²) < 4.78 is 9.15. The lowest BCUT2D eigenvalue weighted by Gasteiger charge is -2.15. The minimum Gasteiger partial charge on any atom is -0.403 e. The van der Waals surface area contributed by atoms with E-state index < -0.39 is 5.97 Å². The van der Waals surface area contributed by atoms with Crippen molar-refractivity contribution in [2.45, 2.75) is 26.2 Å². The molecule has 0 spiro atoms. The molecule has 6 heteroatoms. The molecular weight excluding hydrogens is 396 g/mol. The Morgan fingerprint density at radius 1 is 0.900 bits per heavy atom. The van der Waals surface area contributed by atoms with Gasteiger partial charge in [0.25, 0.3) is 5.56 Å². The summed E-state index contributed by atoms with van der Waals surface area (Å²) in [6.45, 7) is 2.07. The van der Waals surface area contributed by atoms with Crippen molar-refractivity contribution in [3.8, 4) is 17.3 Å². The monoisotopic (exact) mass is 418 g/mol. The Bertz CT molecular complexity index is 1180. The molecule has 30 heavy (non-hydrogen) atoms. The van der Waals surface area contributed by atoms with E-state index in [2.05, 4.69) is 6.92 Å². The van der Waals surface area contributed by atoms with Gasteiger partial charge in [-0.25, -0.2) is 14.2 Å². The Kier molecular flexibility index (Phi) is 5.95. The minimum atomic E-state index is -0.461. The number of aromatic nitrogens is 2. The number of esters is 1. The summed E-state index contributed by atoms with van der Waals surface area (Å²) in [5, 5.41) is 1.83. The molecule has 2 heterocycles. The second kappa shape index (κ2) is 8.97. The first-order chi connectivity index (χ1) is 14.7. The molecule has 0 fully saturated rings. The van der Waals surface area contributed by atoms with Crippen LogP contribution in [0.25, 0.3) is 11.4 Å². The van der Waals surface area contributed by atoms with E-state index in [9.17, 15) is 9.59 Å². The van der Waals surface area contributed by atoms with Crippen LogP contribution in [0.3, 0.4) is 0 Å². The van der Waals surface area contributed by atoms with Crippen LogP contribution in [-0.2, 0) is 6.42 Å². The number of benzene rings is 2. The van der Waals surface area contributed by atoms with E-state index >= 15 is 0 Å². The van der Waals surface area contributed by atoms with Crippen LogP contribution in [0.2, 0.25) is 0 Å². The lowest BCUT2D eigenvalue weighted by molar-refractivity contribution is 0.0725. The Morgan fingerprint density at radius 3 is 2.10 bits per heavy atom. The van der Waals surface area contributed by atoms with E-state index in [1.54, 1.807) is 21.5 Å². The van der Waals surface area contributed by atoms with Crippen molar-refractivity contribution in [2.75, 3.05) is 0 Å². The molecule has 2 aromatic heterocycles. The van der Waals surface area contributed by atoms with Gasteiger partial charge < -0.3 is 4.74 Å². The first-order valence-electron chi connectivity index (χ1n) is 9.94. The number of para-hydroxylation sites is 2. The zero-order valence-corrected chi connectivity index (χ0v) is 17.5. The van der Waals surface area contributed by atoms with Gasteiger partial charge in [-0.05, 0) is 48.6 Å². The number of hydrogen-bond donors (Lipinski definition) is 0. The number of thiophene rings is 1. The number of nitrogens with zero attached hydrogens (tertiary/aromatic N) is 2. The maximum absolute atomic E-state index is 13.5. The SMILES string of the molecule is CCCCc1c(OC(=O)c2cccs2)n(-c2ccccc2)n(-c2ccccc2)c1=O. The zero-order valence-electron chi connectivity index (χ0n) is 16.7. The van der Waals surface area contributed by atoms with Crippen molar-refractivity contribution in [3.05, 3.63) is 99.0 Å². The summed E-state index contributed by atoms with van der Waals surface area (Å²) in [4.78, 5) is 26.8. The van der Waals surface area contributed by atoms with E-state index in [4.69, 9.17) is 4.74 Å². The van der Waals surface area contributed by atoms with Crippen LogP contribution in [0.1, 0.15) is 35.0 Å². The number of carbonyl (C=O) groups excluding carboxylic acids is 1. The Hall–Kier alpha value is -3.38. The van der Waals surface area contributed by atoms with E-state index in [0.717, 1.165) is 18.5 Å². The highest BCUT2D eigenvalue weighted by Crippen LogP contribution is 2.27. The fraction of sp³-hybridized carbons (Fsp3) is 0.167. The van der Waals surface area contributed by atoms with Crippen LogP contribution in [0.15, 0.2) is 83.0 Å². The summed E-state index contributed by atoms with van der Waals surface area (Å²) in [5.41, 5.74) is 1.79. The molecule has 4 aromatic rings. The lowest BCUT2D eigenvalue weighted by Crippen LogP contribution is -2.21. The second-order valence-electron chi connectivity index (χ2n) is 6.85. The van der Waals surface area contributed by atoms with Crippen LogP contribution < -0.4 is 10.3 Å². The first-order valence-corrected chi connectivity index (χ1v) is 10.8. The highest BCUT2D eigenvalue weighted by molar-refractivity contribution is 7.12. The summed E-state index contributed by atoms with van der Waals surface area (Å²) in [7, 11) is 0. The van der Waals surface area contributed by atoms with Crippen LogP contribution in [0, 0.1) is 0 Å². The fourth-order valence-electron chi connectivity index (χ4n) is 3.34. The molecule has 0 saturated heterocycles. The molecule has 152 valence electrons. The molecule has 0 unspecified atom stereocenters. The molecule has 0 saturated carbocycles. The third-order valence-electron chi connectivity index (χ3n) is 4.79. The largest absolute Gasteiger partial charge is 0.403 e. The molecule has 0 amide bonds. The maximum atomic E-state index is 13.5. The molecule has 0 atom stereocenters. The third kappa shape index (κ3) is 3.86. The molecule has 0 aliphatic heterocycles. The van der Waals surface area contributed by atoms with Crippen LogP contribution in [0.5, 0.6) is 5.88 Å². The van der Waals surface area contributed by atoms with Gasteiger partial charge in [-0.15, -0.1) is 11.3 Å². The van der Waals surface area contributed by atoms with Gasteiger partial charge in [-0.2, -0.15) is 0 Å². The van der Waals surface area contributed by atoms with E-state index in [-0.39, 0.29) is 11.4 Å². The molecule has 2 aromatic carbocycles. The summed E-state index contributed by atoms with van der Waals surface area (Å²) >= 11 is 1.31. The van der Waals surface area contributed by atoms with Gasteiger partial charge in [0.1, 0.15) is 4.88 Å². The average molecular weight is 419 g/mol. The topological polar surface area (TPSA) is 53.2 Å². The molecule has 0 radical (unpaired) electrons. The number of unbranched alkanes of at least 4 members (excludes halogenated alkanes) is 1. The Balaban J connectivity index is 1.95. The minimum absolute atomic E-state index is 0.174. The molecule has 0 aliphatic rings. The first kappa shape index (κ1) is 19.9. The standard InChI is InChI=1S/C24H22N2O3S/c1-2-3-15-20-22(27)25(18-11-6-4-7-12-18)26(19-13-8-5-9-14-19)23(20)29-24(28)21-16-10-17-30-21/h4-14,16-17H,2-3,15H2,1H3. The van der Waals surface area contributed by atoms with Gasteiger partial charge in [0, 0.05) is 0 Å². The van der Waals surface area contributed by atoms with Gasteiger partial charge in [-0.3, -0.25) is 4.79 Å². The van der Waals surface area contributed by atoms with Crippen molar-refractivity contribution < 1.29 is 9.53 Å². The quantitative estimate of drug-likeness (QED) is 0.385. The van der Waals surface area contributed by atoms with E-state index in [1.165, 1.54) is 11.3 Å². The van der Waals surface area contributed by atoms with Gasteiger partial charge in [0.2, 0.25) is 5.88 Å². The fourth-order valence-corrected chi connectivity index (χ4v) is 3.94. The third-order valence-corrected chi connectivity index (χ3v) is 5.64. The van der Waals surface area contributed by atoms with E-state index in [1.807, 2.05) is 66.0 Å². The van der Waals surface area contributed by atoms with E-state index in [0.29, 0.717) is 22.5 Å². The molecule has 5 nitrogen and oxygen atoms in total. The van der Waals surface area contributed by atoms with Crippen molar-refractivity contribution in [1.29, 1.82) is 0 Å². The lowest BCUT2D eigenvalue weighted by atomic mass is 10.1. The van der Waals surface area contributed by atoms with Crippen LogP contribution in [-0.4, -0.2) is 15.3 Å². The van der Waals surface area contributed by atoms with Crippen molar-refractivity contribution in [3.63, 3.8) is 0 Å². The smallest absolute Gasteiger partial charge is 0.355 e. The average Bonchev–Trinajstić information content (AvgIpc) is 3.41. The number of rotatable bonds is 7. The summed E-state index contributed by atoms with van der Waals surface area (Å²) in [6, 6.07) is 22.4. The Morgan fingerprint density at radius 2 is 1.53 bits per heavy atom. The number of ether oxygens (including phenoxy) is 1. The molecule has 0 bridgehead atoms. The maximum Gasteiger partial charge on any atom is 0.355 e. The molecular formula is C24H22N2O3S. The predicted octanol–water partition coefficient (Wildman–Crippen LogP) is 5.25. The highest BCUT2D eigenvalue weighted by atomic mass is 32.1. The van der Waals surface area contributed by atoms with Gasteiger partial charge in [0.15, 0.2) is 0 Å². The molecule has 0 aliphatic carbocycles. The second-order valence-corrected chi connectivity index (χ2v) is 7.80. The zero-order chi connectivity index (χ0) is 20.9. The highest BCUT2D eigenvalue weighted by Gasteiger charge is 2.26. The number of carbonyl (C=O) groups is 1. The van der Waals surface area contributed by atoms with Crippen molar-refractivity contribution in [1.82, 2.24) is 9.36 Å². The van der Waals surface area contributed by atoms with Crippen molar-refractivity contribution in [2.24, 2.45) is 0 Å². The van der Waals surface area contributed by atoms with Crippen LogP contribution in [0.4, 0.5) is 0 Å². The summed E-state index contributed by atoms with van der Waals surface area (Å²) in [5.74, 6) is -0.181. The summed E-state index contributed by atoms with van der Waals surface area (Å²) in [6.07, 6.45) is 2.29.